The van der Waals surface area contributed by atoms with E-state index in [4.69, 9.17) is 9.47 Å². The fourth-order valence-corrected chi connectivity index (χ4v) is 8.91. The lowest BCUT2D eigenvalue weighted by Crippen LogP contribution is -2.69. The molecular formula is C37H46N2O6. The number of esters is 1. The van der Waals surface area contributed by atoms with Gasteiger partial charge in [0, 0.05) is 48.9 Å². The fourth-order valence-electron chi connectivity index (χ4n) is 8.91. The molecule has 2 heterocycles. The van der Waals surface area contributed by atoms with Crippen LogP contribution in [0.3, 0.4) is 0 Å². The molecule has 4 aliphatic rings. The van der Waals surface area contributed by atoms with Crippen LogP contribution in [0.1, 0.15) is 94.1 Å². The first kappa shape index (κ1) is 31.5. The Kier molecular flexibility index (Phi) is 8.88. The van der Waals surface area contributed by atoms with Crippen LogP contribution in [0.25, 0.3) is 0 Å². The van der Waals surface area contributed by atoms with Gasteiger partial charge in [0.05, 0.1) is 12.6 Å². The van der Waals surface area contributed by atoms with Crippen molar-refractivity contribution < 1.29 is 28.7 Å². The number of hydrogen-bond acceptors (Lipinski definition) is 7. The van der Waals surface area contributed by atoms with E-state index in [0.717, 1.165) is 37.8 Å². The second-order valence-electron chi connectivity index (χ2n) is 14.0. The van der Waals surface area contributed by atoms with Crippen LogP contribution in [0.5, 0.6) is 11.5 Å². The normalized spacial score (nSPS) is 26.2. The van der Waals surface area contributed by atoms with Crippen LogP contribution in [0, 0.1) is 11.8 Å². The van der Waals surface area contributed by atoms with Gasteiger partial charge >= 0.3 is 5.97 Å². The largest absolute Gasteiger partial charge is 0.483 e. The number of rotatable bonds is 12. The van der Waals surface area contributed by atoms with Gasteiger partial charge in [-0.05, 0) is 75.5 Å². The Morgan fingerprint density at radius 2 is 1.78 bits per heavy atom. The SMILES string of the molecule is CC(=O)CN1CC[C@]23c4c5ccc(OC(C)=O)c4O[C@H]2[C@@H](N(CC(C)C)C(=O)CCCCC(=O)c2ccccc2)CC[C@H]3[C@H]1C5. The number of nitrogens with zero attached hydrogens (tertiary/aromatic N) is 2. The molecule has 8 heteroatoms. The van der Waals surface area contributed by atoms with Crippen molar-refractivity contribution in [1.29, 1.82) is 0 Å². The van der Waals surface area contributed by atoms with Crippen LogP contribution in [-0.2, 0) is 26.2 Å². The van der Waals surface area contributed by atoms with E-state index >= 15 is 0 Å². The number of likely N-dealkylation sites (tertiary alicyclic amines) is 1. The van der Waals surface area contributed by atoms with Gasteiger partial charge in [-0.15, -0.1) is 0 Å². The molecule has 8 nitrogen and oxygen atoms in total. The van der Waals surface area contributed by atoms with E-state index in [2.05, 4.69) is 29.7 Å². The molecule has 2 aliphatic heterocycles. The van der Waals surface area contributed by atoms with Gasteiger partial charge in [0.2, 0.25) is 5.91 Å². The summed E-state index contributed by atoms with van der Waals surface area (Å²) in [7, 11) is 0. The van der Waals surface area contributed by atoms with Gasteiger partial charge in [0.15, 0.2) is 17.3 Å². The summed E-state index contributed by atoms with van der Waals surface area (Å²) >= 11 is 0. The van der Waals surface area contributed by atoms with E-state index in [1.54, 1.807) is 6.92 Å². The highest BCUT2D eigenvalue weighted by Crippen LogP contribution is 2.64. The Labute approximate surface area is 266 Å². The number of ketones is 2. The van der Waals surface area contributed by atoms with E-state index in [-0.39, 0.29) is 58.9 Å². The van der Waals surface area contributed by atoms with Crippen LogP contribution >= 0.6 is 0 Å². The number of amides is 1. The topological polar surface area (TPSA) is 93.2 Å². The molecule has 0 aromatic heterocycles. The molecular weight excluding hydrogens is 568 g/mol. The quantitative estimate of drug-likeness (QED) is 0.134. The molecule has 6 rings (SSSR count). The van der Waals surface area contributed by atoms with Crippen LogP contribution in [0.4, 0.5) is 0 Å². The lowest BCUT2D eigenvalue weighted by molar-refractivity contribution is -0.144. The third kappa shape index (κ3) is 5.82. The molecule has 1 saturated heterocycles. The molecule has 1 amide bonds. The lowest BCUT2D eigenvalue weighted by Gasteiger charge is -2.60. The number of carbonyl (C=O) groups excluding carboxylic acids is 4. The first-order valence-electron chi connectivity index (χ1n) is 16.7. The molecule has 45 heavy (non-hydrogen) atoms. The van der Waals surface area contributed by atoms with Crippen molar-refractivity contribution in [2.75, 3.05) is 19.6 Å². The van der Waals surface area contributed by atoms with E-state index in [9.17, 15) is 19.2 Å². The van der Waals surface area contributed by atoms with Crippen LogP contribution in [0.15, 0.2) is 42.5 Å². The number of carbonyl (C=O) groups is 4. The number of benzene rings is 2. The van der Waals surface area contributed by atoms with Crippen molar-refractivity contribution in [3.8, 4) is 11.5 Å². The Morgan fingerprint density at radius 1 is 1.02 bits per heavy atom. The van der Waals surface area contributed by atoms with Gasteiger partial charge < -0.3 is 14.4 Å². The van der Waals surface area contributed by atoms with E-state index in [0.29, 0.717) is 55.8 Å². The maximum Gasteiger partial charge on any atom is 0.308 e. The van der Waals surface area contributed by atoms with Crippen molar-refractivity contribution in [3.63, 3.8) is 0 Å². The predicted molar refractivity (Wildman–Crippen MR) is 171 cm³/mol. The van der Waals surface area contributed by atoms with E-state index < -0.39 is 0 Å². The van der Waals surface area contributed by atoms with Crippen LogP contribution in [0.2, 0.25) is 0 Å². The molecule has 1 spiro atoms. The summed E-state index contributed by atoms with van der Waals surface area (Å²) in [5.41, 5.74) is 2.77. The zero-order chi connectivity index (χ0) is 31.9. The molecule has 2 fully saturated rings. The zero-order valence-electron chi connectivity index (χ0n) is 27.1. The van der Waals surface area contributed by atoms with Gasteiger partial charge in [-0.1, -0.05) is 50.2 Å². The summed E-state index contributed by atoms with van der Waals surface area (Å²) in [4.78, 5) is 55.5. The number of unbranched alkanes of at least 4 members (excludes halogenated alkanes) is 1. The molecule has 5 atom stereocenters. The molecule has 0 radical (unpaired) electrons. The molecule has 2 aromatic rings. The summed E-state index contributed by atoms with van der Waals surface area (Å²) in [6.07, 6.45) is 5.30. The van der Waals surface area contributed by atoms with Crippen LogP contribution < -0.4 is 9.47 Å². The smallest absolute Gasteiger partial charge is 0.308 e. The second kappa shape index (κ2) is 12.7. The Morgan fingerprint density at radius 3 is 2.49 bits per heavy atom. The minimum Gasteiger partial charge on any atom is -0.483 e. The van der Waals surface area contributed by atoms with Gasteiger partial charge in [0.25, 0.3) is 0 Å². The monoisotopic (exact) mass is 614 g/mol. The predicted octanol–water partition coefficient (Wildman–Crippen LogP) is 5.54. The summed E-state index contributed by atoms with van der Waals surface area (Å²) in [5.74, 6) is 1.69. The highest BCUT2D eigenvalue weighted by molar-refractivity contribution is 5.96. The van der Waals surface area contributed by atoms with E-state index in [1.165, 1.54) is 12.5 Å². The maximum absolute atomic E-state index is 14.0. The molecule has 0 N–H and O–H groups in total. The van der Waals surface area contributed by atoms with E-state index in [1.807, 2.05) is 36.4 Å². The summed E-state index contributed by atoms with van der Waals surface area (Å²) in [5, 5.41) is 0. The molecule has 2 aliphatic carbocycles. The fraction of sp³-hybridized carbons (Fsp3) is 0.568. The van der Waals surface area contributed by atoms with Crippen molar-refractivity contribution in [2.45, 2.75) is 103 Å². The Balaban J connectivity index is 1.27. The van der Waals surface area contributed by atoms with Crippen molar-refractivity contribution in [1.82, 2.24) is 9.80 Å². The van der Waals surface area contributed by atoms with Gasteiger partial charge in [-0.3, -0.25) is 24.1 Å². The lowest BCUT2D eigenvalue weighted by atomic mass is 9.51. The highest BCUT2D eigenvalue weighted by atomic mass is 16.6. The molecule has 2 bridgehead atoms. The van der Waals surface area contributed by atoms with Crippen molar-refractivity contribution in [3.05, 3.63) is 59.2 Å². The number of ether oxygens (including phenoxy) is 2. The van der Waals surface area contributed by atoms with Gasteiger partial charge in [0.1, 0.15) is 11.9 Å². The molecule has 1 saturated carbocycles. The average Bonchev–Trinajstić information content (AvgIpc) is 3.35. The van der Waals surface area contributed by atoms with Gasteiger partial charge in [-0.25, -0.2) is 0 Å². The summed E-state index contributed by atoms with van der Waals surface area (Å²) in [6.45, 7) is 9.22. The third-order valence-corrected chi connectivity index (χ3v) is 10.5. The molecule has 0 unspecified atom stereocenters. The second-order valence-corrected chi connectivity index (χ2v) is 14.0. The Bertz CT molecular complexity index is 1470. The van der Waals surface area contributed by atoms with Crippen molar-refractivity contribution >= 4 is 23.4 Å². The third-order valence-electron chi connectivity index (χ3n) is 10.5. The minimum atomic E-state index is -0.386. The number of hydrogen-bond donors (Lipinski definition) is 0. The zero-order valence-corrected chi connectivity index (χ0v) is 27.1. The summed E-state index contributed by atoms with van der Waals surface area (Å²) < 4.78 is 12.6. The highest BCUT2D eigenvalue weighted by Gasteiger charge is 2.66. The Hall–Kier alpha value is -3.52. The first-order chi connectivity index (χ1) is 21.6. The summed E-state index contributed by atoms with van der Waals surface area (Å²) in [6, 6.07) is 13.3. The van der Waals surface area contributed by atoms with Gasteiger partial charge in [-0.2, -0.15) is 0 Å². The first-order valence-corrected chi connectivity index (χ1v) is 16.7. The minimum absolute atomic E-state index is 0.108. The standard InChI is InChI=1S/C37H46N2O6/c1-23(2)21-39(33(43)13-9-8-12-31(42)26-10-6-5-7-11-26)29-16-15-28-30-20-27-14-17-32(44-25(4)41)35-34(27)37(28,36(29)45-35)18-19-38(30)22-24(3)40/h5-7,10-11,14,17,23,28-30,36H,8-9,12-13,15-16,18-22H2,1-4H3/t28-,29-,30+,36-,37-/m0/s1. The molecule has 2 aromatic carbocycles. The van der Waals surface area contributed by atoms with Crippen LogP contribution in [-0.4, -0.2) is 71.1 Å². The molecule has 240 valence electrons. The van der Waals surface area contributed by atoms with Crippen molar-refractivity contribution in [2.24, 2.45) is 11.8 Å². The average molecular weight is 615 g/mol. The number of piperidine rings is 1. The maximum atomic E-state index is 14.0. The number of Topliss-reactive ketones (excluding diaryl/α,β-unsaturated/α-hetero) is 2.